The van der Waals surface area contributed by atoms with Crippen molar-refractivity contribution in [2.24, 2.45) is 5.92 Å². The first-order chi connectivity index (χ1) is 14.5. The fourth-order valence-corrected chi connectivity index (χ4v) is 4.19. The van der Waals surface area contributed by atoms with Gasteiger partial charge in [-0.05, 0) is 44.7 Å². The summed E-state index contributed by atoms with van der Waals surface area (Å²) < 4.78 is 21.6. The van der Waals surface area contributed by atoms with Crippen molar-refractivity contribution in [2.45, 2.75) is 64.3 Å². The normalized spacial score (nSPS) is 30.0. The van der Waals surface area contributed by atoms with Gasteiger partial charge >= 0.3 is 17.9 Å². The topological polar surface area (TPSA) is 112 Å². The van der Waals surface area contributed by atoms with E-state index in [1.165, 1.54) is 14.0 Å². The van der Waals surface area contributed by atoms with Gasteiger partial charge in [0.15, 0.2) is 6.10 Å². The van der Waals surface area contributed by atoms with Gasteiger partial charge in [-0.1, -0.05) is 17.7 Å². The predicted molar refractivity (Wildman–Crippen MR) is 110 cm³/mol. The first kappa shape index (κ1) is 22.8. The molecule has 1 fully saturated rings. The molecule has 0 aliphatic carbocycles. The molecule has 1 saturated heterocycles. The molecule has 8 heteroatoms. The zero-order chi connectivity index (χ0) is 22.9. The Morgan fingerprint density at radius 2 is 2.00 bits per heavy atom. The highest BCUT2D eigenvalue weighted by Gasteiger charge is 2.58. The van der Waals surface area contributed by atoms with Crippen LogP contribution in [-0.2, 0) is 30.2 Å². The summed E-state index contributed by atoms with van der Waals surface area (Å²) in [6.07, 6.45) is 0.662. The predicted octanol–water partition coefficient (Wildman–Crippen LogP) is 2.98. The Labute approximate surface area is 180 Å². The van der Waals surface area contributed by atoms with E-state index in [0.29, 0.717) is 29.9 Å². The molecule has 0 radical (unpaired) electrons. The summed E-state index contributed by atoms with van der Waals surface area (Å²) in [7, 11) is 1.31. The van der Waals surface area contributed by atoms with Crippen LogP contribution in [0.1, 0.15) is 61.9 Å². The number of fused-ring (bicyclic) bond motifs is 4. The van der Waals surface area contributed by atoms with Crippen LogP contribution >= 0.6 is 0 Å². The van der Waals surface area contributed by atoms with Gasteiger partial charge in [0.2, 0.25) is 5.60 Å². The molecular weight excluding hydrogens is 404 g/mol. The summed E-state index contributed by atoms with van der Waals surface area (Å²) in [5, 5.41) is 11.2. The van der Waals surface area contributed by atoms with Gasteiger partial charge in [-0.15, -0.1) is 0 Å². The van der Waals surface area contributed by atoms with Crippen molar-refractivity contribution in [1.29, 1.82) is 0 Å². The molecule has 0 saturated carbocycles. The maximum absolute atomic E-state index is 12.6. The van der Waals surface area contributed by atoms with Gasteiger partial charge < -0.3 is 23.7 Å². The Hall–Kier alpha value is -2.87. The molecule has 0 aromatic carbocycles. The van der Waals surface area contributed by atoms with Crippen LogP contribution in [0, 0.1) is 5.92 Å². The van der Waals surface area contributed by atoms with Crippen molar-refractivity contribution in [3.8, 4) is 0 Å². The zero-order valence-electron chi connectivity index (χ0n) is 18.2. The van der Waals surface area contributed by atoms with E-state index >= 15 is 0 Å². The number of hydrogen-bond acceptors (Lipinski definition) is 8. The van der Waals surface area contributed by atoms with Gasteiger partial charge in [0.05, 0.1) is 7.11 Å². The lowest BCUT2D eigenvalue weighted by atomic mass is 9.82. The van der Waals surface area contributed by atoms with Gasteiger partial charge in [0.1, 0.15) is 23.2 Å². The lowest BCUT2D eigenvalue weighted by molar-refractivity contribution is -0.166. The van der Waals surface area contributed by atoms with Gasteiger partial charge in [0.25, 0.3) is 0 Å². The number of carbonyl (C=O) groups excluding carboxylic acids is 3. The molecule has 3 rings (SSSR count). The summed E-state index contributed by atoms with van der Waals surface area (Å²) in [5.41, 5.74) is -0.0777. The number of allylic oxidation sites excluding steroid dienone is 1. The van der Waals surface area contributed by atoms with Crippen LogP contribution in [0.5, 0.6) is 0 Å². The van der Waals surface area contributed by atoms with Crippen LogP contribution < -0.4 is 0 Å². The molecule has 168 valence electrons. The van der Waals surface area contributed by atoms with Crippen molar-refractivity contribution in [2.75, 3.05) is 7.11 Å². The molecule has 4 atom stereocenters. The second kappa shape index (κ2) is 8.70. The van der Waals surface area contributed by atoms with Gasteiger partial charge in [-0.2, -0.15) is 0 Å². The van der Waals surface area contributed by atoms with Crippen LogP contribution in [-0.4, -0.2) is 47.9 Å². The first-order valence-corrected chi connectivity index (χ1v) is 10.2. The number of hydrogen-bond donors (Lipinski definition) is 1. The Kier molecular flexibility index (Phi) is 6.40. The SMILES string of the molecule is C=C(C)[C@H]1CC[C@@]2(O)C(=O)O[C@H](C/C(C)=C/c3cc(C(=O)OC)c(o3)C1)[C@H]2OC(C)=O. The molecule has 0 unspecified atom stereocenters. The molecule has 1 aromatic rings. The molecule has 2 aliphatic rings. The van der Waals surface area contributed by atoms with Crippen molar-refractivity contribution >= 4 is 24.0 Å². The molecule has 1 aromatic heterocycles. The number of carbonyl (C=O) groups is 3. The Morgan fingerprint density at radius 3 is 2.61 bits per heavy atom. The highest BCUT2D eigenvalue weighted by atomic mass is 16.6. The molecule has 8 nitrogen and oxygen atoms in total. The van der Waals surface area contributed by atoms with Crippen molar-refractivity contribution in [3.05, 3.63) is 40.9 Å². The largest absolute Gasteiger partial charge is 0.465 e. The van der Waals surface area contributed by atoms with Gasteiger partial charge in [-0.3, -0.25) is 4.79 Å². The number of esters is 3. The highest BCUT2D eigenvalue weighted by Crippen LogP contribution is 2.39. The average Bonchev–Trinajstić information content (AvgIpc) is 3.17. The number of aliphatic hydroxyl groups is 1. The zero-order valence-corrected chi connectivity index (χ0v) is 18.2. The molecule has 4 bridgehead atoms. The maximum atomic E-state index is 12.6. The summed E-state index contributed by atoms with van der Waals surface area (Å²) in [6.45, 7) is 8.87. The lowest BCUT2D eigenvalue weighted by Gasteiger charge is -2.28. The highest BCUT2D eigenvalue weighted by molar-refractivity contribution is 5.91. The van der Waals surface area contributed by atoms with E-state index in [1.807, 2.05) is 6.92 Å². The number of furan rings is 1. The minimum Gasteiger partial charge on any atom is -0.465 e. The van der Waals surface area contributed by atoms with Crippen molar-refractivity contribution in [3.63, 3.8) is 0 Å². The fourth-order valence-electron chi connectivity index (χ4n) is 4.19. The summed E-state index contributed by atoms with van der Waals surface area (Å²) >= 11 is 0. The van der Waals surface area contributed by atoms with E-state index in [-0.39, 0.29) is 18.8 Å². The van der Waals surface area contributed by atoms with Gasteiger partial charge in [0, 0.05) is 19.8 Å². The van der Waals surface area contributed by atoms with E-state index in [0.717, 1.165) is 11.1 Å². The summed E-state index contributed by atoms with van der Waals surface area (Å²) in [6, 6.07) is 1.62. The van der Waals surface area contributed by atoms with E-state index < -0.39 is 35.7 Å². The Bertz CT molecular complexity index is 939. The monoisotopic (exact) mass is 432 g/mol. The average molecular weight is 432 g/mol. The third-order valence-electron chi connectivity index (χ3n) is 5.86. The second-order valence-electron chi connectivity index (χ2n) is 8.36. The molecule has 0 amide bonds. The van der Waals surface area contributed by atoms with Crippen LogP contribution in [0.25, 0.3) is 6.08 Å². The molecular formula is C23H28O8. The lowest BCUT2D eigenvalue weighted by Crippen LogP contribution is -2.48. The number of rotatable bonds is 3. The standard InChI is InChI=1S/C23H28O8/c1-12(2)15-6-7-23(27)20(29-14(4)24)19(31-22(23)26)9-13(3)8-16-11-17(21(25)28-5)18(10-15)30-16/h8,11,15,19-20,27H,1,6-7,9-10H2,2-5H3/b13-8+/t15-,19+,20+,23-/m0/s1. The summed E-state index contributed by atoms with van der Waals surface area (Å²) in [4.78, 5) is 36.6. The van der Waals surface area contributed by atoms with Crippen LogP contribution in [0.4, 0.5) is 0 Å². The number of methoxy groups -OCH3 is 1. The molecule has 2 aliphatic heterocycles. The molecule has 0 spiro atoms. The molecule has 3 heterocycles. The van der Waals surface area contributed by atoms with E-state index in [9.17, 15) is 19.5 Å². The minimum atomic E-state index is -1.96. The second-order valence-corrected chi connectivity index (χ2v) is 8.36. The molecule has 31 heavy (non-hydrogen) atoms. The van der Waals surface area contributed by atoms with Gasteiger partial charge in [-0.25, -0.2) is 9.59 Å². The van der Waals surface area contributed by atoms with Crippen molar-refractivity contribution in [1.82, 2.24) is 0 Å². The smallest absolute Gasteiger partial charge is 0.342 e. The Balaban J connectivity index is 2.08. The van der Waals surface area contributed by atoms with Crippen LogP contribution in [0.2, 0.25) is 0 Å². The first-order valence-electron chi connectivity index (χ1n) is 10.2. The van der Waals surface area contributed by atoms with E-state index in [4.69, 9.17) is 18.6 Å². The van der Waals surface area contributed by atoms with Crippen LogP contribution in [0.15, 0.2) is 28.2 Å². The molecule has 1 N–H and O–H groups in total. The van der Waals surface area contributed by atoms with Crippen molar-refractivity contribution < 1.29 is 38.1 Å². The van der Waals surface area contributed by atoms with E-state index in [1.54, 1.807) is 19.1 Å². The fraction of sp³-hybridized carbons (Fsp3) is 0.522. The summed E-state index contributed by atoms with van der Waals surface area (Å²) in [5.74, 6) is -1.21. The third kappa shape index (κ3) is 4.58. The number of ether oxygens (including phenoxy) is 3. The van der Waals surface area contributed by atoms with E-state index in [2.05, 4.69) is 6.58 Å². The minimum absolute atomic E-state index is 0.00168. The third-order valence-corrected chi connectivity index (χ3v) is 5.86. The Morgan fingerprint density at radius 1 is 1.29 bits per heavy atom. The van der Waals surface area contributed by atoms with Crippen LogP contribution in [0.3, 0.4) is 0 Å². The quantitative estimate of drug-likeness (QED) is 0.441. The maximum Gasteiger partial charge on any atom is 0.342 e.